The average molecular weight is 282 g/mol. The molecule has 2 heteroatoms. The quantitative estimate of drug-likeness (QED) is 0.469. The maximum Gasteiger partial charge on any atom is 1.00 e. The van der Waals surface area contributed by atoms with Gasteiger partial charge in [0, 0.05) is 0 Å². The first-order valence-corrected chi connectivity index (χ1v) is 7.68. The summed E-state index contributed by atoms with van der Waals surface area (Å²) in [4.78, 5) is 0. The Hall–Kier alpha value is -0.105. The fourth-order valence-electron chi connectivity index (χ4n) is 3.15. The molecule has 2 rings (SSSR count). The largest absolute Gasteiger partial charge is 1.00 e. The Labute approximate surface area is 161 Å². The number of hydrogen-bond donors (Lipinski definition) is 0. The molecule has 0 aliphatic heterocycles. The van der Waals surface area contributed by atoms with Crippen LogP contribution in [0.2, 0.25) is 0 Å². The van der Waals surface area contributed by atoms with Gasteiger partial charge < -0.3 is 0 Å². The van der Waals surface area contributed by atoms with E-state index in [0.29, 0.717) is 0 Å². The van der Waals surface area contributed by atoms with E-state index in [1.807, 2.05) is 0 Å². The van der Waals surface area contributed by atoms with Crippen molar-refractivity contribution in [2.24, 2.45) is 10.8 Å². The molecule has 0 N–H and O–H groups in total. The first kappa shape index (κ1) is 21.9. The maximum atomic E-state index is 2.35. The van der Waals surface area contributed by atoms with Crippen molar-refractivity contribution in [1.29, 1.82) is 0 Å². The van der Waals surface area contributed by atoms with Crippen LogP contribution in [0.1, 0.15) is 54.4 Å². The molecule has 0 radical (unpaired) electrons. The van der Waals surface area contributed by atoms with Gasteiger partial charge in [0.15, 0.2) is 0 Å². The second-order valence-corrected chi connectivity index (χ2v) is 7.89. The molecule has 0 heterocycles. The number of rotatable bonds is 1. The van der Waals surface area contributed by atoms with E-state index in [4.69, 9.17) is 0 Å². The van der Waals surface area contributed by atoms with E-state index in [1.54, 1.807) is 11.5 Å². The van der Waals surface area contributed by atoms with E-state index in [0.717, 1.165) is 12.8 Å². The van der Waals surface area contributed by atoms with E-state index < -0.39 is 0 Å². The molecule has 110 valence electrons. The van der Waals surface area contributed by atoms with Crippen molar-refractivity contribution in [3.63, 3.8) is 0 Å². The molecule has 0 aromatic carbocycles. The zero-order valence-electron chi connectivity index (χ0n) is 15.9. The number of hydrogen-bond acceptors (Lipinski definition) is 0. The minimum Gasteiger partial charge on any atom is -0.265 e. The smallest absolute Gasteiger partial charge is 0.265 e. The third-order valence-corrected chi connectivity index (χ3v) is 4.01. The molecule has 22 heavy (non-hydrogen) atoms. The fourth-order valence-corrected chi connectivity index (χ4v) is 3.15. The second-order valence-electron chi connectivity index (χ2n) is 7.89. The van der Waals surface area contributed by atoms with Crippen LogP contribution in [-0.4, -0.2) is 0 Å². The maximum absolute atomic E-state index is 2.35. The van der Waals surface area contributed by atoms with Crippen LogP contribution in [-0.2, 0) is 0 Å². The summed E-state index contributed by atoms with van der Waals surface area (Å²) in [7, 11) is 0. The van der Waals surface area contributed by atoms with Crippen molar-refractivity contribution in [1.82, 2.24) is 0 Å². The molecule has 0 aromatic heterocycles. The molecule has 0 unspecified atom stereocenters. The van der Waals surface area contributed by atoms with E-state index in [1.165, 1.54) is 11.1 Å². The van der Waals surface area contributed by atoms with E-state index in [-0.39, 0.29) is 48.6 Å². The van der Waals surface area contributed by atoms with Gasteiger partial charge in [-0.1, -0.05) is 59.8 Å². The predicted octanol–water partition coefficient (Wildman–Crippen LogP) is 0.00818. The van der Waals surface area contributed by atoms with Gasteiger partial charge in [-0.05, 0) is 5.41 Å². The minimum absolute atomic E-state index is 0. The third kappa shape index (κ3) is 4.95. The molecular formula is C20H28Li2. The van der Waals surface area contributed by atoms with Crippen molar-refractivity contribution in [2.75, 3.05) is 0 Å². The Morgan fingerprint density at radius 3 is 2.09 bits per heavy atom. The van der Waals surface area contributed by atoms with Crippen molar-refractivity contribution in [2.45, 2.75) is 54.4 Å². The van der Waals surface area contributed by atoms with Gasteiger partial charge in [0.1, 0.15) is 0 Å². The van der Waals surface area contributed by atoms with Crippen LogP contribution >= 0.6 is 0 Å². The first-order chi connectivity index (χ1) is 9.21. The molecule has 0 bridgehead atoms. The molecule has 0 fully saturated rings. The Kier molecular flexibility index (Phi) is 8.09. The Morgan fingerprint density at radius 2 is 1.64 bits per heavy atom. The van der Waals surface area contributed by atoms with Gasteiger partial charge in [-0.15, -0.1) is 29.2 Å². The monoisotopic (exact) mass is 282 g/mol. The second kappa shape index (κ2) is 8.13. The van der Waals surface area contributed by atoms with Crippen molar-refractivity contribution < 1.29 is 37.7 Å². The topological polar surface area (TPSA) is 0 Å². The van der Waals surface area contributed by atoms with Crippen LogP contribution in [0.25, 0.3) is 0 Å². The summed E-state index contributed by atoms with van der Waals surface area (Å²) in [5, 5.41) is 0. The summed E-state index contributed by atoms with van der Waals surface area (Å²) in [5.41, 5.74) is 4.93. The van der Waals surface area contributed by atoms with Crippen LogP contribution in [0.5, 0.6) is 0 Å². The molecular weight excluding hydrogens is 254 g/mol. The summed E-state index contributed by atoms with van der Waals surface area (Å²) in [6.07, 6.45) is 15.7. The van der Waals surface area contributed by atoms with Crippen LogP contribution < -0.4 is 37.7 Å². The van der Waals surface area contributed by atoms with Gasteiger partial charge in [-0.25, -0.2) is 18.6 Å². The summed E-state index contributed by atoms with van der Waals surface area (Å²) < 4.78 is 0. The summed E-state index contributed by atoms with van der Waals surface area (Å²) in [5.74, 6) is 1.55. The predicted molar refractivity (Wildman–Crippen MR) is 89.1 cm³/mol. The molecule has 2 aliphatic rings. The molecule has 2 aliphatic carbocycles. The minimum atomic E-state index is 0. The van der Waals surface area contributed by atoms with Crippen LogP contribution in [0.3, 0.4) is 0 Å². The van der Waals surface area contributed by atoms with Gasteiger partial charge in [0.05, 0.1) is 0 Å². The Bertz CT molecular complexity index is 491. The van der Waals surface area contributed by atoms with Gasteiger partial charge in [0.2, 0.25) is 0 Å². The van der Waals surface area contributed by atoms with E-state index in [2.05, 4.69) is 78.3 Å². The molecule has 0 spiro atoms. The third-order valence-electron chi connectivity index (χ3n) is 4.01. The van der Waals surface area contributed by atoms with E-state index in [9.17, 15) is 0 Å². The van der Waals surface area contributed by atoms with Gasteiger partial charge in [-0.3, -0.25) is 6.08 Å². The molecule has 0 saturated carbocycles. The van der Waals surface area contributed by atoms with Crippen LogP contribution in [0.15, 0.2) is 47.1 Å². The van der Waals surface area contributed by atoms with E-state index >= 15 is 0 Å². The van der Waals surface area contributed by atoms with Crippen molar-refractivity contribution in [3.05, 3.63) is 59.4 Å². The Morgan fingerprint density at radius 1 is 1.00 bits per heavy atom. The molecule has 0 atom stereocenters. The average Bonchev–Trinajstić information content (AvgIpc) is 2.37. The summed E-state index contributed by atoms with van der Waals surface area (Å²) >= 11 is 0. The normalized spacial score (nSPS) is 18.3. The van der Waals surface area contributed by atoms with Gasteiger partial charge >= 0.3 is 37.7 Å². The summed E-state index contributed by atoms with van der Waals surface area (Å²) in [6, 6.07) is 0. The van der Waals surface area contributed by atoms with Crippen LogP contribution in [0, 0.1) is 23.2 Å². The van der Waals surface area contributed by atoms with Gasteiger partial charge in [-0.2, -0.15) is 5.57 Å². The SMILES string of the molecule is CC(C)(C)C1=C(C(C)(C)C)[C-](C2=CC=C[CH-]C2)CC=C1.[Li+].[Li+]. The van der Waals surface area contributed by atoms with Crippen molar-refractivity contribution >= 4 is 0 Å². The molecule has 0 aromatic rings. The summed E-state index contributed by atoms with van der Waals surface area (Å²) in [6.45, 7) is 14.0. The first-order valence-electron chi connectivity index (χ1n) is 7.68. The van der Waals surface area contributed by atoms with Gasteiger partial charge in [0.25, 0.3) is 0 Å². The number of allylic oxidation sites excluding steroid dienone is 8. The molecule has 0 nitrogen and oxygen atoms in total. The van der Waals surface area contributed by atoms with Crippen molar-refractivity contribution in [3.8, 4) is 0 Å². The molecule has 0 saturated heterocycles. The van der Waals surface area contributed by atoms with Crippen LogP contribution in [0.4, 0.5) is 0 Å². The fraction of sp³-hybridized carbons (Fsp3) is 0.500. The zero-order chi connectivity index (χ0) is 15.0. The standard InChI is InChI=1S/C20H28.2Li/c1-19(2,3)17-14-10-13-16(18(17)20(4,5)6)15-11-8-7-9-12-15;;/h7-11,14H,12-13H2,1-6H3;;/q-2;2*+1. The molecule has 0 amide bonds. The Balaban J connectivity index is 0.00000220. The zero-order valence-corrected chi connectivity index (χ0v) is 15.9.